The van der Waals surface area contributed by atoms with Gasteiger partial charge in [0.2, 0.25) is 0 Å². The van der Waals surface area contributed by atoms with Crippen LogP contribution in [0.2, 0.25) is 0 Å². The van der Waals surface area contributed by atoms with Crippen molar-refractivity contribution in [2.24, 2.45) is 11.8 Å². The van der Waals surface area contributed by atoms with Gasteiger partial charge in [-0.2, -0.15) is 0 Å². The molecule has 110 valence electrons. The van der Waals surface area contributed by atoms with Gasteiger partial charge in [0.25, 0.3) is 0 Å². The molecule has 1 aliphatic rings. The minimum absolute atomic E-state index is 0.269. The highest BCUT2D eigenvalue weighted by Crippen LogP contribution is 2.27. The molecule has 1 aromatic carbocycles. The van der Waals surface area contributed by atoms with Crippen LogP contribution in [0.15, 0.2) is 18.2 Å². The third-order valence-electron chi connectivity index (χ3n) is 4.16. The summed E-state index contributed by atoms with van der Waals surface area (Å²) in [6, 6.07) is 4.30. The molecule has 0 unspecified atom stereocenters. The van der Waals surface area contributed by atoms with Crippen molar-refractivity contribution in [1.82, 2.24) is 5.32 Å². The van der Waals surface area contributed by atoms with E-state index in [2.05, 4.69) is 12.2 Å². The van der Waals surface area contributed by atoms with Gasteiger partial charge in [-0.15, -0.1) is 0 Å². The van der Waals surface area contributed by atoms with Crippen LogP contribution in [0.1, 0.15) is 48.5 Å². The zero-order chi connectivity index (χ0) is 14.5. The molecule has 0 bridgehead atoms. The molecule has 2 N–H and O–H groups in total. The molecule has 0 radical (unpaired) electrons. The fraction of sp³-hybridized carbons (Fsp3) is 0.562. The lowest BCUT2D eigenvalue weighted by Crippen LogP contribution is -2.25. The van der Waals surface area contributed by atoms with Crippen molar-refractivity contribution in [1.29, 1.82) is 0 Å². The Morgan fingerprint density at radius 1 is 1.35 bits per heavy atom. The number of carboxylic acid groups (broad SMARTS) is 1. The Morgan fingerprint density at radius 3 is 2.65 bits per heavy atom. The van der Waals surface area contributed by atoms with Gasteiger partial charge in [0, 0.05) is 6.54 Å². The van der Waals surface area contributed by atoms with E-state index in [0.29, 0.717) is 12.5 Å². The van der Waals surface area contributed by atoms with Crippen molar-refractivity contribution in [2.45, 2.75) is 39.2 Å². The maximum Gasteiger partial charge on any atom is 0.338 e. The fourth-order valence-electron chi connectivity index (χ4n) is 2.80. The smallest absolute Gasteiger partial charge is 0.338 e. The van der Waals surface area contributed by atoms with Crippen LogP contribution in [-0.2, 0) is 6.54 Å². The predicted molar refractivity (Wildman–Crippen MR) is 76.2 cm³/mol. The summed E-state index contributed by atoms with van der Waals surface area (Å²) >= 11 is 0. The second-order valence-electron chi connectivity index (χ2n) is 5.88. The topological polar surface area (TPSA) is 49.3 Å². The summed E-state index contributed by atoms with van der Waals surface area (Å²) in [6.45, 7) is 3.84. The molecule has 4 heteroatoms. The Hall–Kier alpha value is -1.42. The van der Waals surface area contributed by atoms with Crippen LogP contribution in [0.4, 0.5) is 4.39 Å². The first-order chi connectivity index (χ1) is 9.56. The molecular weight excluding hydrogens is 257 g/mol. The van der Waals surface area contributed by atoms with E-state index in [-0.39, 0.29) is 5.56 Å². The molecule has 0 spiro atoms. The molecule has 1 fully saturated rings. The number of benzene rings is 1. The van der Waals surface area contributed by atoms with Crippen LogP contribution in [0, 0.1) is 17.7 Å². The van der Waals surface area contributed by atoms with Crippen molar-refractivity contribution >= 4 is 5.97 Å². The maximum absolute atomic E-state index is 13.5. The Labute approximate surface area is 119 Å². The average molecular weight is 279 g/mol. The highest BCUT2D eigenvalue weighted by Gasteiger charge is 2.17. The van der Waals surface area contributed by atoms with E-state index in [0.717, 1.165) is 18.0 Å². The molecule has 1 aromatic rings. The molecule has 0 heterocycles. The van der Waals surface area contributed by atoms with E-state index in [4.69, 9.17) is 5.11 Å². The van der Waals surface area contributed by atoms with Gasteiger partial charge in [-0.05, 0) is 48.9 Å². The van der Waals surface area contributed by atoms with E-state index in [1.807, 2.05) is 0 Å². The molecule has 0 amide bonds. The normalized spacial score (nSPS) is 22.7. The van der Waals surface area contributed by atoms with Crippen LogP contribution < -0.4 is 5.32 Å². The SMILES string of the molecule is CC1CCC(CNCc2ccc(C(=O)O)c(F)c2)CC1. The van der Waals surface area contributed by atoms with Gasteiger partial charge in [-0.25, -0.2) is 9.18 Å². The number of hydrogen-bond acceptors (Lipinski definition) is 2. The minimum Gasteiger partial charge on any atom is -0.478 e. The van der Waals surface area contributed by atoms with Crippen molar-refractivity contribution in [2.75, 3.05) is 6.54 Å². The molecule has 3 nitrogen and oxygen atoms in total. The molecule has 2 rings (SSSR count). The van der Waals surface area contributed by atoms with Gasteiger partial charge in [0.15, 0.2) is 0 Å². The summed E-state index contributed by atoms with van der Waals surface area (Å²) in [7, 11) is 0. The van der Waals surface area contributed by atoms with Crippen LogP contribution >= 0.6 is 0 Å². The van der Waals surface area contributed by atoms with E-state index < -0.39 is 11.8 Å². The number of carbonyl (C=O) groups is 1. The molecule has 0 aromatic heterocycles. The lowest BCUT2D eigenvalue weighted by Gasteiger charge is -2.26. The molecule has 0 saturated heterocycles. The Bertz CT molecular complexity index is 468. The number of rotatable bonds is 5. The largest absolute Gasteiger partial charge is 0.478 e. The summed E-state index contributed by atoms with van der Waals surface area (Å²) < 4.78 is 13.5. The third kappa shape index (κ3) is 4.04. The van der Waals surface area contributed by atoms with Crippen molar-refractivity contribution in [3.05, 3.63) is 35.1 Å². The summed E-state index contributed by atoms with van der Waals surface area (Å²) in [6.07, 6.45) is 5.13. The first-order valence-electron chi connectivity index (χ1n) is 7.28. The predicted octanol–water partition coefficient (Wildman–Crippen LogP) is 3.44. The number of hydrogen-bond donors (Lipinski definition) is 2. The van der Waals surface area contributed by atoms with Gasteiger partial charge in [-0.3, -0.25) is 0 Å². The van der Waals surface area contributed by atoms with Crippen LogP contribution in [-0.4, -0.2) is 17.6 Å². The minimum atomic E-state index is -1.22. The van der Waals surface area contributed by atoms with Crippen molar-refractivity contribution in [3.63, 3.8) is 0 Å². The summed E-state index contributed by atoms with van der Waals surface area (Å²) in [5.41, 5.74) is 0.520. The van der Waals surface area contributed by atoms with Crippen LogP contribution in [0.5, 0.6) is 0 Å². The fourth-order valence-corrected chi connectivity index (χ4v) is 2.80. The zero-order valence-electron chi connectivity index (χ0n) is 11.9. The summed E-state index contributed by atoms with van der Waals surface area (Å²) in [5.74, 6) is -0.320. The quantitative estimate of drug-likeness (QED) is 0.868. The first kappa shape index (κ1) is 15.0. The lowest BCUT2D eigenvalue weighted by atomic mass is 9.83. The lowest BCUT2D eigenvalue weighted by molar-refractivity contribution is 0.0692. The van der Waals surface area contributed by atoms with E-state index in [1.165, 1.54) is 37.8 Å². The standard InChI is InChI=1S/C16H22FNO2/c1-11-2-4-12(5-3-11)9-18-10-13-6-7-14(16(19)20)15(17)8-13/h6-8,11-12,18H,2-5,9-10H2,1H3,(H,19,20). The third-order valence-corrected chi connectivity index (χ3v) is 4.16. The second kappa shape index (κ2) is 6.84. The molecule has 1 aliphatic carbocycles. The zero-order valence-corrected chi connectivity index (χ0v) is 11.9. The van der Waals surface area contributed by atoms with Crippen molar-refractivity contribution in [3.8, 4) is 0 Å². The van der Waals surface area contributed by atoms with Crippen molar-refractivity contribution < 1.29 is 14.3 Å². The molecule has 0 atom stereocenters. The van der Waals surface area contributed by atoms with E-state index in [9.17, 15) is 9.18 Å². The average Bonchev–Trinajstić information content (AvgIpc) is 2.41. The maximum atomic E-state index is 13.5. The van der Waals surface area contributed by atoms with Gasteiger partial charge in [0.1, 0.15) is 5.82 Å². The highest BCUT2D eigenvalue weighted by atomic mass is 19.1. The van der Waals surface area contributed by atoms with Gasteiger partial charge >= 0.3 is 5.97 Å². The summed E-state index contributed by atoms with van der Waals surface area (Å²) in [5, 5.41) is 12.1. The summed E-state index contributed by atoms with van der Waals surface area (Å²) in [4.78, 5) is 10.7. The van der Waals surface area contributed by atoms with Crippen LogP contribution in [0.3, 0.4) is 0 Å². The van der Waals surface area contributed by atoms with Gasteiger partial charge < -0.3 is 10.4 Å². The first-order valence-corrected chi connectivity index (χ1v) is 7.28. The molecule has 0 aliphatic heterocycles. The number of halogens is 1. The number of nitrogens with one attached hydrogen (secondary N) is 1. The molecule has 20 heavy (non-hydrogen) atoms. The Morgan fingerprint density at radius 2 is 2.05 bits per heavy atom. The van der Waals surface area contributed by atoms with Crippen LogP contribution in [0.25, 0.3) is 0 Å². The number of carboxylic acids is 1. The van der Waals surface area contributed by atoms with E-state index >= 15 is 0 Å². The Balaban J connectivity index is 1.79. The van der Waals surface area contributed by atoms with Gasteiger partial charge in [0.05, 0.1) is 5.56 Å². The highest BCUT2D eigenvalue weighted by molar-refractivity contribution is 5.87. The van der Waals surface area contributed by atoms with E-state index in [1.54, 1.807) is 6.07 Å². The molecule has 1 saturated carbocycles. The monoisotopic (exact) mass is 279 g/mol. The Kier molecular flexibility index (Phi) is 5.12. The number of aromatic carboxylic acids is 1. The second-order valence-corrected chi connectivity index (χ2v) is 5.88. The van der Waals surface area contributed by atoms with Gasteiger partial charge in [-0.1, -0.05) is 25.8 Å². The molecular formula is C16H22FNO2.